The third-order valence-electron chi connectivity index (χ3n) is 2.88. The van der Waals surface area contributed by atoms with E-state index in [2.05, 4.69) is 15.3 Å². The van der Waals surface area contributed by atoms with Gasteiger partial charge in [0, 0.05) is 18.2 Å². The van der Waals surface area contributed by atoms with Crippen LogP contribution in [-0.4, -0.2) is 14.9 Å². The molecule has 0 fully saturated rings. The molecule has 8 heteroatoms. The first kappa shape index (κ1) is 14.0. The summed E-state index contributed by atoms with van der Waals surface area (Å²) in [6.45, 7) is 2.05. The third-order valence-corrected chi connectivity index (χ3v) is 3.25. The Morgan fingerprint density at radius 3 is 2.90 bits per heavy atom. The van der Waals surface area contributed by atoms with Crippen molar-refractivity contribution in [2.45, 2.75) is 13.5 Å². The second-order valence-corrected chi connectivity index (χ2v) is 4.47. The zero-order chi connectivity index (χ0) is 14.7. The van der Waals surface area contributed by atoms with Gasteiger partial charge in [0.1, 0.15) is 17.2 Å². The summed E-state index contributed by atoms with van der Waals surface area (Å²) in [6, 6.07) is 4.90. The fourth-order valence-electron chi connectivity index (χ4n) is 1.74. The van der Waals surface area contributed by atoms with Crippen LogP contribution in [0.1, 0.15) is 11.1 Å². The van der Waals surface area contributed by atoms with Gasteiger partial charge in [-0.1, -0.05) is 23.7 Å². The van der Waals surface area contributed by atoms with Crippen molar-refractivity contribution in [3.63, 3.8) is 0 Å². The summed E-state index contributed by atoms with van der Waals surface area (Å²) in [6.07, 6.45) is 1.30. The molecule has 0 amide bonds. The second-order valence-electron chi connectivity index (χ2n) is 4.09. The van der Waals surface area contributed by atoms with Crippen LogP contribution in [0, 0.1) is 17.0 Å². The first-order chi connectivity index (χ1) is 9.50. The number of nitro groups is 1. The molecule has 3 N–H and O–H groups in total. The lowest BCUT2D eigenvalue weighted by atomic mass is 10.1. The van der Waals surface area contributed by atoms with Crippen LogP contribution >= 0.6 is 11.6 Å². The van der Waals surface area contributed by atoms with Gasteiger partial charge in [0.15, 0.2) is 5.82 Å². The molecule has 1 aromatic heterocycles. The van der Waals surface area contributed by atoms with Gasteiger partial charge in [-0.3, -0.25) is 10.1 Å². The highest BCUT2D eigenvalue weighted by Crippen LogP contribution is 2.25. The maximum atomic E-state index is 10.9. The molecule has 7 nitrogen and oxygen atoms in total. The van der Waals surface area contributed by atoms with Crippen molar-refractivity contribution in [2.24, 2.45) is 0 Å². The van der Waals surface area contributed by atoms with Gasteiger partial charge in [-0.2, -0.15) is 0 Å². The van der Waals surface area contributed by atoms with Gasteiger partial charge >= 0.3 is 0 Å². The highest BCUT2D eigenvalue weighted by molar-refractivity contribution is 6.35. The van der Waals surface area contributed by atoms with Gasteiger partial charge < -0.3 is 11.1 Å². The molecule has 0 unspecified atom stereocenters. The number of nitrogen functional groups attached to an aromatic ring is 1. The van der Waals surface area contributed by atoms with E-state index in [9.17, 15) is 10.1 Å². The van der Waals surface area contributed by atoms with Gasteiger partial charge in [0.25, 0.3) is 5.69 Å². The Balaban J connectivity index is 2.21. The number of hydrogen-bond donors (Lipinski definition) is 2. The molecule has 0 aliphatic carbocycles. The lowest BCUT2D eigenvalue weighted by Gasteiger charge is -2.10. The van der Waals surface area contributed by atoms with Crippen LogP contribution < -0.4 is 11.1 Å². The molecule has 0 aliphatic rings. The Labute approximate surface area is 120 Å². The second kappa shape index (κ2) is 5.70. The number of nitro benzene ring substituents is 1. The fourth-order valence-corrected chi connectivity index (χ4v) is 1.91. The molecule has 1 heterocycles. The predicted molar refractivity (Wildman–Crippen MR) is 76.6 cm³/mol. The number of halogens is 1. The molecule has 2 aromatic rings. The van der Waals surface area contributed by atoms with Crippen molar-refractivity contribution in [3.05, 3.63) is 50.8 Å². The molecule has 0 bridgehead atoms. The summed E-state index contributed by atoms with van der Waals surface area (Å²) in [4.78, 5) is 18.2. The monoisotopic (exact) mass is 293 g/mol. The normalized spacial score (nSPS) is 10.3. The standard InChI is InChI=1S/C12H12ClN5O2/c1-7-8(3-2-4-9(7)18(19)20)5-15-12-10(13)11(14)16-6-17-12/h2-4,6H,5H2,1H3,(H3,14,15,16,17). The lowest BCUT2D eigenvalue weighted by Crippen LogP contribution is -2.06. The van der Waals surface area contributed by atoms with Crippen molar-refractivity contribution in [2.75, 3.05) is 11.1 Å². The minimum atomic E-state index is -0.408. The molecule has 104 valence electrons. The topological polar surface area (TPSA) is 107 Å². The summed E-state index contributed by atoms with van der Waals surface area (Å²) in [5.41, 5.74) is 7.04. The number of anilines is 2. The molecule has 0 atom stereocenters. The van der Waals surface area contributed by atoms with Crippen molar-refractivity contribution >= 4 is 28.9 Å². The van der Waals surface area contributed by atoms with E-state index in [0.29, 0.717) is 17.9 Å². The van der Waals surface area contributed by atoms with Crippen LogP contribution in [0.25, 0.3) is 0 Å². The van der Waals surface area contributed by atoms with Crippen LogP contribution in [0.4, 0.5) is 17.3 Å². The molecule has 0 aliphatic heterocycles. The molecule has 1 aromatic carbocycles. The van der Waals surface area contributed by atoms with Crippen molar-refractivity contribution < 1.29 is 4.92 Å². The van der Waals surface area contributed by atoms with Crippen LogP contribution in [0.2, 0.25) is 5.02 Å². The average molecular weight is 294 g/mol. The average Bonchev–Trinajstić information content (AvgIpc) is 2.41. The summed E-state index contributed by atoms with van der Waals surface area (Å²) in [5.74, 6) is 0.574. The van der Waals surface area contributed by atoms with Crippen molar-refractivity contribution in [1.82, 2.24) is 9.97 Å². The third kappa shape index (κ3) is 2.77. The van der Waals surface area contributed by atoms with Gasteiger partial charge in [-0.25, -0.2) is 9.97 Å². The predicted octanol–water partition coefficient (Wildman–Crippen LogP) is 2.54. The zero-order valence-corrected chi connectivity index (χ0v) is 11.4. The summed E-state index contributed by atoms with van der Waals surface area (Å²) in [7, 11) is 0. The lowest BCUT2D eigenvalue weighted by molar-refractivity contribution is -0.385. The van der Waals surface area contributed by atoms with E-state index < -0.39 is 4.92 Å². The maximum Gasteiger partial charge on any atom is 0.272 e. The zero-order valence-electron chi connectivity index (χ0n) is 10.6. The Bertz CT molecular complexity index is 662. The van der Waals surface area contributed by atoms with E-state index in [-0.39, 0.29) is 16.5 Å². The largest absolute Gasteiger partial charge is 0.382 e. The van der Waals surface area contributed by atoms with Gasteiger partial charge in [0.2, 0.25) is 0 Å². The molecule has 0 spiro atoms. The van der Waals surface area contributed by atoms with E-state index in [1.807, 2.05) is 0 Å². The number of nitrogens with two attached hydrogens (primary N) is 1. The minimum absolute atomic E-state index is 0.0811. The molecular formula is C12H12ClN5O2. The first-order valence-corrected chi connectivity index (χ1v) is 6.11. The van der Waals surface area contributed by atoms with Crippen LogP contribution in [0.5, 0.6) is 0 Å². The molecule has 0 saturated carbocycles. The SMILES string of the molecule is Cc1c(CNc2ncnc(N)c2Cl)cccc1[N+](=O)[O-]. The Morgan fingerprint density at radius 1 is 1.45 bits per heavy atom. The smallest absolute Gasteiger partial charge is 0.272 e. The Kier molecular flexibility index (Phi) is 3.99. The molecule has 20 heavy (non-hydrogen) atoms. The highest BCUT2D eigenvalue weighted by Gasteiger charge is 2.13. The Hall–Kier alpha value is -2.41. The summed E-state index contributed by atoms with van der Waals surface area (Å²) >= 11 is 5.96. The van der Waals surface area contributed by atoms with Crippen LogP contribution in [-0.2, 0) is 6.54 Å². The number of aromatic nitrogens is 2. The fraction of sp³-hybridized carbons (Fsp3) is 0.167. The molecule has 0 saturated heterocycles. The van der Waals surface area contributed by atoms with Crippen LogP contribution in [0.3, 0.4) is 0 Å². The van der Waals surface area contributed by atoms with Crippen molar-refractivity contribution in [3.8, 4) is 0 Å². The summed E-state index contributed by atoms with van der Waals surface area (Å²) in [5, 5.41) is 14.1. The van der Waals surface area contributed by atoms with E-state index in [4.69, 9.17) is 17.3 Å². The van der Waals surface area contributed by atoms with Gasteiger partial charge in [-0.05, 0) is 12.5 Å². The number of nitrogens with one attached hydrogen (secondary N) is 1. The van der Waals surface area contributed by atoms with E-state index >= 15 is 0 Å². The molecule has 0 radical (unpaired) electrons. The summed E-state index contributed by atoms with van der Waals surface area (Å²) < 4.78 is 0. The number of benzene rings is 1. The van der Waals surface area contributed by atoms with Crippen molar-refractivity contribution in [1.29, 1.82) is 0 Å². The highest BCUT2D eigenvalue weighted by atomic mass is 35.5. The van der Waals surface area contributed by atoms with Gasteiger partial charge in [0.05, 0.1) is 4.92 Å². The Morgan fingerprint density at radius 2 is 2.20 bits per heavy atom. The minimum Gasteiger partial charge on any atom is -0.382 e. The number of rotatable bonds is 4. The van der Waals surface area contributed by atoms with Crippen LogP contribution in [0.15, 0.2) is 24.5 Å². The van der Waals surface area contributed by atoms with E-state index in [1.165, 1.54) is 12.4 Å². The molecule has 2 rings (SSSR count). The quantitative estimate of drug-likeness (QED) is 0.662. The van der Waals surface area contributed by atoms with E-state index in [1.54, 1.807) is 19.1 Å². The van der Waals surface area contributed by atoms with Gasteiger partial charge in [-0.15, -0.1) is 0 Å². The number of hydrogen-bond acceptors (Lipinski definition) is 6. The first-order valence-electron chi connectivity index (χ1n) is 5.73. The molecular weight excluding hydrogens is 282 g/mol. The van der Waals surface area contributed by atoms with E-state index in [0.717, 1.165) is 5.56 Å². The number of nitrogens with zero attached hydrogens (tertiary/aromatic N) is 3. The maximum absolute atomic E-state index is 10.9.